The van der Waals surface area contributed by atoms with Gasteiger partial charge in [0.2, 0.25) is 0 Å². The average molecular weight is 412 g/mol. The quantitative estimate of drug-likeness (QED) is 0.502. The smallest absolute Gasteiger partial charge is 0.253 e. The fourth-order valence-corrected chi connectivity index (χ4v) is 4.12. The van der Waals surface area contributed by atoms with Gasteiger partial charge in [-0.25, -0.2) is 0 Å². The van der Waals surface area contributed by atoms with Crippen LogP contribution >= 0.6 is 0 Å². The zero-order valence-electron chi connectivity index (χ0n) is 17.3. The predicted octanol–water partition coefficient (Wildman–Crippen LogP) is 4.66. The molecule has 0 saturated carbocycles. The third-order valence-corrected chi connectivity index (χ3v) is 5.71. The van der Waals surface area contributed by atoms with Crippen molar-refractivity contribution < 1.29 is 9.53 Å². The highest BCUT2D eigenvalue weighted by Crippen LogP contribution is 2.25. The maximum atomic E-state index is 12.0. The average Bonchev–Trinajstić information content (AvgIpc) is 3.17. The molecule has 4 aromatic rings. The van der Waals surface area contributed by atoms with Crippen molar-refractivity contribution in [2.24, 2.45) is 0 Å². The van der Waals surface area contributed by atoms with Gasteiger partial charge in [0.05, 0.1) is 6.61 Å². The van der Waals surface area contributed by atoms with E-state index in [1.54, 1.807) is 4.90 Å². The van der Waals surface area contributed by atoms with Crippen molar-refractivity contribution >= 4 is 28.2 Å². The largest absolute Gasteiger partial charge is 0.381 e. The van der Waals surface area contributed by atoms with E-state index in [4.69, 9.17) is 4.74 Å². The first-order chi connectivity index (χ1) is 15.3. The molecule has 0 unspecified atom stereocenters. The van der Waals surface area contributed by atoms with Crippen LogP contribution in [0.5, 0.6) is 0 Å². The van der Waals surface area contributed by atoms with Gasteiger partial charge in [-0.3, -0.25) is 4.79 Å². The first-order valence-corrected chi connectivity index (χ1v) is 10.6. The minimum Gasteiger partial charge on any atom is -0.381 e. The second-order valence-corrected chi connectivity index (χ2v) is 7.78. The molecular weight excluding hydrogens is 386 g/mol. The molecule has 5 rings (SSSR count). The molecule has 1 aliphatic heterocycles. The molecule has 5 nitrogen and oxygen atoms in total. The van der Waals surface area contributed by atoms with E-state index in [0.29, 0.717) is 13.2 Å². The Morgan fingerprint density at radius 2 is 1.68 bits per heavy atom. The Balaban J connectivity index is 1.32. The van der Waals surface area contributed by atoms with E-state index < -0.39 is 0 Å². The van der Waals surface area contributed by atoms with E-state index in [1.807, 2.05) is 30.3 Å². The molecule has 1 fully saturated rings. The molecule has 31 heavy (non-hydrogen) atoms. The van der Waals surface area contributed by atoms with Crippen LogP contribution in [0.1, 0.15) is 11.1 Å². The van der Waals surface area contributed by atoms with Crippen molar-refractivity contribution in [1.82, 2.24) is 4.57 Å². The Labute approximate surface area is 181 Å². The third kappa shape index (κ3) is 4.18. The number of anilines is 2. The molecule has 2 heterocycles. The van der Waals surface area contributed by atoms with Gasteiger partial charge in [-0.1, -0.05) is 48.5 Å². The maximum absolute atomic E-state index is 12.0. The van der Waals surface area contributed by atoms with Crippen LogP contribution in [-0.4, -0.2) is 30.2 Å². The summed E-state index contributed by atoms with van der Waals surface area (Å²) in [5.41, 5.74) is 5.74. The number of carbonyl (C=O) groups excluding carboxylic acids is 1. The maximum Gasteiger partial charge on any atom is 0.253 e. The molecule has 5 heteroatoms. The number of benzene rings is 3. The van der Waals surface area contributed by atoms with Gasteiger partial charge in [0.1, 0.15) is 6.61 Å². The van der Waals surface area contributed by atoms with Gasteiger partial charge in [0.15, 0.2) is 0 Å². The number of ether oxygens (including phenoxy) is 1. The van der Waals surface area contributed by atoms with E-state index in [1.165, 1.54) is 22.0 Å². The SMILES string of the molecule is O=C1COCCN1c1ccc(NCc2cn(Cc3ccccc3)c3ccccc23)cc1. The summed E-state index contributed by atoms with van der Waals surface area (Å²) in [4.78, 5) is 13.8. The lowest BCUT2D eigenvalue weighted by molar-refractivity contribution is -0.125. The lowest BCUT2D eigenvalue weighted by atomic mass is 10.1. The van der Waals surface area contributed by atoms with E-state index in [0.717, 1.165) is 24.5 Å². The number of rotatable bonds is 6. The summed E-state index contributed by atoms with van der Waals surface area (Å²) in [6.07, 6.45) is 2.24. The van der Waals surface area contributed by atoms with E-state index >= 15 is 0 Å². The number of hydrogen-bond acceptors (Lipinski definition) is 3. The Morgan fingerprint density at radius 3 is 2.48 bits per heavy atom. The first-order valence-electron chi connectivity index (χ1n) is 10.6. The highest BCUT2D eigenvalue weighted by molar-refractivity contribution is 5.95. The van der Waals surface area contributed by atoms with Gasteiger partial charge in [-0.2, -0.15) is 0 Å². The number of nitrogens with zero attached hydrogens (tertiary/aromatic N) is 2. The summed E-state index contributed by atoms with van der Waals surface area (Å²) in [7, 11) is 0. The molecule has 0 radical (unpaired) electrons. The van der Waals surface area contributed by atoms with Gasteiger partial charge >= 0.3 is 0 Å². The summed E-state index contributed by atoms with van der Waals surface area (Å²) in [5.74, 6) is 0.0122. The third-order valence-electron chi connectivity index (χ3n) is 5.71. The monoisotopic (exact) mass is 411 g/mol. The number of amides is 1. The van der Waals surface area contributed by atoms with Gasteiger partial charge < -0.3 is 19.5 Å². The number of morpholine rings is 1. The van der Waals surface area contributed by atoms with Crippen molar-refractivity contribution in [2.45, 2.75) is 13.1 Å². The van der Waals surface area contributed by atoms with Crippen molar-refractivity contribution in [3.8, 4) is 0 Å². The van der Waals surface area contributed by atoms with Crippen molar-refractivity contribution in [3.63, 3.8) is 0 Å². The lowest BCUT2D eigenvalue weighted by Gasteiger charge is -2.27. The van der Waals surface area contributed by atoms with Crippen LogP contribution in [0.4, 0.5) is 11.4 Å². The lowest BCUT2D eigenvalue weighted by Crippen LogP contribution is -2.41. The van der Waals surface area contributed by atoms with Crippen molar-refractivity contribution in [1.29, 1.82) is 0 Å². The fraction of sp³-hybridized carbons (Fsp3) is 0.192. The van der Waals surface area contributed by atoms with E-state index in [2.05, 4.69) is 64.6 Å². The van der Waals surface area contributed by atoms with Crippen molar-refractivity contribution in [2.75, 3.05) is 30.0 Å². The topological polar surface area (TPSA) is 46.5 Å². The zero-order valence-corrected chi connectivity index (χ0v) is 17.3. The molecule has 1 amide bonds. The predicted molar refractivity (Wildman–Crippen MR) is 124 cm³/mol. The summed E-state index contributed by atoms with van der Waals surface area (Å²) in [6, 6.07) is 27.1. The van der Waals surface area contributed by atoms with Crippen LogP contribution in [0.3, 0.4) is 0 Å². The van der Waals surface area contributed by atoms with Crippen LogP contribution in [0.2, 0.25) is 0 Å². The fourth-order valence-electron chi connectivity index (χ4n) is 4.12. The van der Waals surface area contributed by atoms with Crippen LogP contribution < -0.4 is 10.2 Å². The summed E-state index contributed by atoms with van der Waals surface area (Å²) < 4.78 is 7.53. The number of para-hydroxylation sites is 1. The Kier molecular flexibility index (Phi) is 5.42. The standard InChI is InChI=1S/C26H25N3O2/c30-26-19-31-15-14-29(26)23-12-10-22(11-13-23)27-16-21-18-28(17-20-6-2-1-3-7-20)25-9-5-4-8-24(21)25/h1-13,18,27H,14-17,19H2. The molecule has 1 aromatic heterocycles. The van der Waals surface area contributed by atoms with Crippen LogP contribution in [0, 0.1) is 0 Å². The first kappa shape index (κ1) is 19.4. The van der Waals surface area contributed by atoms with Gasteiger partial charge in [0.25, 0.3) is 5.91 Å². The normalized spacial score (nSPS) is 14.2. The minimum atomic E-state index is 0.0122. The van der Waals surface area contributed by atoms with E-state index in [-0.39, 0.29) is 12.5 Å². The number of nitrogens with one attached hydrogen (secondary N) is 1. The summed E-state index contributed by atoms with van der Waals surface area (Å²) >= 11 is 0. The molecule has 1 N–H and O–H groups in total. The second kappa shape index (κ2) is 8.66. The van der Waals surface area contributed by atoms with E-state index in [9.17, 15) is 4.79 Å². The molecule has 0 atom stereocenters. The molecule has 1 aliphatic rings. The second-order valence-electron chi connectivity index (χ2n) is 7.78. The molecule has 0 aliphatic carbocycles. The van der Waals surface area contributed by atoms with Crippen LogP contribution in [-0.2, 0) is 22.6 Å². The zero-order chi connectivity index (χ0) is 21.0. The number of hydrogen-bond donors (Lipinski definition) is 1. The number of carbonyl (C=O) groups is 1. The minimum absolute atomic E-state index is 0.0122. The highest BCUT2D eigenvalue weighted by atomic mass is 16.5. The summed E-state index contributed by atoms with van der Waals surface area (Å²) in [6.45, 7) is 2.93. The molecule has 156 valence electrons. The molecule has 3 aromatic carbocycles. The molecule has 0 spiro atoms. The molecule has 1 saturated heterocycles. The van der Waals surface area contributed by atoms with Crippen LogP contribution in [0.15, 0.2) is 85.1 Å². The van der Waals surface area contributed by atoms with Crippen LogP contribution in [0.25, 0.3) is 10.9 Å². The van der Waals surface area contributed by atoms with Crippen molar-refractivity contribution in [3.05, 3.63) is 96.2 Å². The Morgan fingerprint density at radius 1 is 0.903 bits per heavy atom. The number of aromatic nitrogens is 1. The Hall–Kier alpha value is -3.57. The van der Waals surface area contributed by atoms with Gasteiger partial charge in [-0.15, -0.1) is 0 Å². The molecular formula is C26H25N3O2. The summed E-state index contributed by atoms with van der Waals surface area (Å²) in [5, 5.41) is 4.80. The van der Waals surface area contributed by atoms with Gasteiger partial charge in [-0.05, 0) is 41.5 Å². The number of fused-ring (bicyclic) bond motifs is 1. The molecule has 0 bridgehead atoms. The van der Waals surface area contributed by atoms with Gasteiger partial charge in [0, 0.05) is 48.1 Å². The highest BCUT2D eigenvalue weighted by Gasteiger charge is 2.19. The Bertz CT molecular complexity index is 1180.